The quantitative estimate of drug-likeness (QED) is 0.504. The van der Waals surface area contributed by atoms with Crippen molar-refractivity contribution in [3.63, 3.8) is 0 Å². The van der Waals surface area contributed by atoms with E-state index in [4.69, 9.17) is 0 Å². The molecule has 0 unspecified atom stereocenters. The van der Waals surface area contributed by atoms with Gasteiger partial charge in [0.2, 0.25) is 0 Å². The molecule has 0 amide bonds. The second-order valence-corrected chi connectivity index (χ2v) is 0.525. The van der Waals surface area contributed by atoms with E-state index in [0.717, 1.165) is 0 Å². The zero-order valence-corrected chi connectivity index (χ0v) is 5.96. The maximum Gasteiger partial charge on any atom is 0.0832 e. The van der Waals surface area contributed by atoms with Crippen molar-refractivity contribution in [2.45, 2.75) is 0 Å². The summed E-state index contributed by atoms with van der Waals surface area (Å²) in [6.45, 7) is 0. The Morgan fingerprint density at radius 3 is 1.20 bits per heavy atom. The van der Waals surface area contributed by atoms with E-state index in [0.29, 0.717) is 0 Å². The van der Waals surface area contributed by atoms with Crippen LogP contribution in [0, 0.1) is 0 Å². The first kappa shape index (κ1) is 16.0. The van der Waals surface area contributed by atoms with Crippen molar-refractivity contribution >= 4 is 36.1 Å². The van der Waals surface area contributed by atoms with Gasteiger partial charge in [-0.15, -0.1) is 12.4 Å². The van der Waals surface area contributed by atoms with Crippen LogP contribution in [-0.2, 0) is 25.6 Å². The second-order valence-electron chi connectivity index (χ2n) is 0.0583. The summed E-state index contributed by atoms with van der Waals surface area (Å²) < 4.78 is 3.19. The Balaban J connectivity index is -0.0000000200. The Labute approximate surface area is 61.6 Å². The third kappa shape index (κ3) is 29.2. The molecule has 0 fully saturated rings. The minimum absolute atomic E-state index is 0. The van der Waals surface area contributed by atoms with Crippen LogP contribution in [0.25, 0.3) is 0 Å². The van der Waals surface area contributed by atoms with Crippen molar-refractivity contribution in [2.24, 2.45) is 0 Å². The van der Waals surface area contributed by atoms with Gasteiger partial charge in [-0.1, -0.05) is 0 Å². The van der Waals surface area contributed by atoms with E-state index in [1.54, 1.807) is 0 Å². The minimum atomic E-state index is 0. The molecule has 0 aliphatic rings. The van der Waals surface area contributed by atoms with Gasteiger partial charge in [-0.05, 0) is 0 Å². The largest absolute Gasteiger partial charge is 0.166 e. The average Bonchev–Trinajstić information content (AvgIpc) is 0.918. The molecule has 5 heavy (non-hydrogen) atoms. The van der Waals surface area contributed by atoms with Crippen LogP contribution in [-0.4, -0.2) is 0 Å². The van der Waals surface area contributed by atoms with Crippen LogP contribution in [0.2, 0.25) is 0 Å². The van der Waals surface area contributed by atoms with Crippen molar-refractivity contribution in [3.05, 3.63) is 0 Å². The van der Waals surface area contributed by atoms with E-state index < -0.39 is 0 Å². The number of hydrogen-bond donors (Lipinski definition) is 0. The van der Waals surface area contributed by atoms with Crippen LogP contribution in [0.1, 0.15) is 0 Å². The molecule has 0 heterocycles. The van der Waals surface area contributed by atoms with Crippen LogP contribution in [0.4, 0.5) is 0 Å². The zero-order chi connectivity index (χ0) is 2.71. The van der Waals surface area contributed by atoms with Crippen molar-refractivity contribution in [2.75, 3.05) is 0 Å². The van der Waals surface area contributed by atoms with Crippen molar-refractivity contribution in [3.8, 4) is 0 Å². The fourth-order valence-electron chi connectivity index (χ4n) is 0. The van der Waals surface area contributed by atoms with Gasteiger partial charge in [0, 0.05) is 21.7 Å². The topological polar surface area (TPSA) is 9.23 Å². The summed E-state index contributed by atoms with van der Waals surface area (Å²) in [5.74, 6) is 0. The summed E-state index contributed by atoms with van der Waals surface area (Å²) in [7, 11) is 0. The molecule has 5 heteroatoms. The van der Waals surface area contributed by atoms with Gasteiger partial charge in [-0.3, -0.25) is 0 Å². The van der Waals surface area contributed by atoms with Crippen LogP contribution in [0.3, 0.4) is 0 Å². The summed E-state index contributed by atoms with van der Waals surface area (Å²) in [6.07, 6.45) is 0. The zero-order valence-electron chi connectivity index (χ0n) is 2.07. The van der Waals surface area contributed by atoms with E-state index >= 15 is 0 Å². The minimum Gasteiger partial charge on any atom is -0.166 e. The van der Waals surface area contributed by atoms with Crippen LogP contribution < -0.4 is 0 Å². The Morgan fingerprint density at radius 1 is 1.20 bits per heavy atom. The van der Waals surface area contributed by atoms with Gasteiger partial charge >= 0.3 is 0 Å². The fourth-order valence-corrected chi connectivity index (χ4v) is 0. The molecule has 0 rings (SSSR count). The molecule has 0 radical (unpaired) electrons. The van der Waals surface area contributed by atoms with Gasteiger partial charge in [0.05, 0.1) is 23.7 Å². The number of halogens is 3. The molecule has 0 aliphatic carbocycles. The molecule has 0 N–H and O–H groups in total. The normalized spacial score (nSPS) is 3.60. The molecule has 0 aliphatic heterocycles. The molecular formula is HCl3OTi. The summed E-state index contributed by atoms with van der Waals surface area (Å²) in [5, 5.41) is 0. The van der Waals surface area contributed by atoms with E-state index in [2.05, 4.69) is 27.6 Å². The smallest absolute Gasteiger partial charge is 0.0832 e. The maximum atomic E-state index is 4.26. The molecule has 0 aromatic rings. The predicted molar refractivity (Wildman–Crippen MR) is 20.0 cm³/mol. The molecule has 0 saturated carbocycles. The van der Waals surface area contributed by atoms with Crippen molar-refractivity contribution < 1.29 is 25.6 Å². The standard InChI is InChI=1S/Cl2O.ClH.Ti/c1-3-2;;/h;1H;. The Morgan fingerprint density at radius 2 is 1.20 bits per heavy atom. The molecular weight excluding hydrogens is 170 g/mol. The molecule has 0 atom stereocenters. The first-order valence-electron chi connectivity index (χ1n) is 0.309. The van der Waals surface area contributed by atoms with Crippen LogP contribution in [0.15, 0.2) is 0 Å². The van der Waals surface area contributed by atoms with E-state index in [-0.39, 0.29) is 34.1 Å². The van der Waals surface area contributed by atoms with E-state index in [9.17, 15) is 0 Å². The molecule has 0 bridgehead atoms. The Kier molecular flexibility index (Phi) is 56.6. The maximum absolute atomic E-state index is 4.26. The second kappa shape index (κ2) is 17.7. The summed E-state index contributed by atoms with van der Waals surface area (Å²) in [6, 6.07) is 0. The van der Waals surface area contributed by atoms with Gasteiger partial charge in [-0.25, -0.2) is 0 Å². The fraction of sp³-hybridized carbons (Fsp3) is 0. The van der Waals surface area contributed by atoms with E-state index in [1.807, 2.05) is 0 Å². The Bertz CT molecular complexity index is 6.85. The third-order valence-corrected chi connectivity index (χ3v) is 0. The number of rotatable bonds is 0. The molecule has 0 aromatic heterocycles. The van der Waals surface area contributed by atoms with Gasteiger partial charge in [-0.2, -0.15) is 3.84 Å². The van der Waals surface area contributed by atoms with Crippen LogP contribution >= 0.6 is 36.1 Å². The van der Waals surface area contributed by atoms with Gasteiger partial charge < -0.3 is 0 Å². The van der Waals surface area contributed by atoms with E-state index in [1.165, 1.54) is 0 Å². The summed E-state index contributed by atoms with van der Waals surface area (Å²) >= 11 is 8.53. The van der Waals surface area contributed by atoms with Crippen LogP contribution in [0.5, 0.6) is 0 Å². The molecule has 0 aromatic carbocycles. The monoisotopic (exact) mass is 170 g/mol. The summed E-state index contributed by atoms with van der Waals surface area (Å²) in [5.41, 5.74) is 0. The average molecular weight is 171 g/mol. The van der Waals surface area contributed by atoms with Gasteiger partial charge in [0.25, 0.3) is 0 Å². The first-order chi connectivity index (χ1) is 1.41. The van der Waals surface area contributed by atoms with Gasteiger partial charge in [0.1, 0.15) is 0 Å². The molecule has 32 valence electrons. The first-order valence-corrected chi connectivity index (χ1v) is 0.926. The summed E-state index contributed by atoms with van der Waals surface area (Å²) in [4.78, 5) is 0. The van der Waals surface area contributed by atoms with Crippen molar-refractivity contribution in [1.82, 2.24) is 0 Å². The Hall–Kier alpha value is 1.54. The van der Waals surface area contributed by atoms with Gasteiger partial charge in [0.15, 0.2) is 0 Å². The third-order valence-electron chi connectivity index (χ3n) is 0. The molecule has 1 nitrogen and oxygen atoms in total. The SMILES string of the molecule is Cl.ClOCl.[Ti]. The predicted octanol–water partition coefficient (Wildman–Crippen LogP) is 1.73. The number of hydrogen-bond acceptors (Lipinski definition) is 1. The molecule has 0 spiro atoms. The van der Waals surface area contributed by atoms with Crippen molar-refractivity contribution in [1.29, 1.82) is 0 Å². The molecule has 0 saturated heterocycles.